The second kappa shape index (κ2) is 7.77. The Labute approximate surface area is 119 Å². The van der Waals surface area contributed by atoms with Gasteiger partial charge < -0.3 is 10.6 Å². The average Bonchev–Trinajstić information content (AvgIpc) is 2.43. The highest BCUT2D eigenvalue weighted by Gasteiger charge is 2.08. The first kappa shape index (κ1) is 15.5. The first-order valence-corrected chi connectivity index (χ1v) is 6.29. The van der Waals surface area contributed by atoms with Crippen molar-refractivity contribution >= 4 is 29.1 Å². The lowest BCUT2D eigenvalue weighted by molar-refractivity contribution is 0.0955. The number of amides is 1. The topological polar surface area (TPSA) is 41.1 Å². The Balaban J connectivity index is 0.00000180. The smallest absolute Gasteiger partial charge is 0.251 e. The molecule has 0 unspecified atom stereocenters. The molecule has 1 amide bonds. The number of hydrogen-bond donors (Lipinski definition) is 2. The molecular formula is C15H19ClN2O. The molecule has 0 heterocycles. The van der Waals surface area contributed by atoms with Crippen LogP contribution in [0.2, 0.25) is 0 Å². The van der Waals surface area contributed by atoms with E-state index in [9.17, 15) is 4.79 Å². The molecule has 2 aromatic carbocycles. The number of nitrogens with one attached hydrogen (secondary N) is 2. The minimum absolute atomic E-state index is 0. The third kappa shape index (κ3) is 3.94. The summed E-state index contributed by atoms with van der Waals surface area (Å²) in [4.78, 5) is 12.1. The van der Waals surface area contributed by atoms with E-state index in [-0.39, 0.29) is 18.3 Å². The molecule has 0 saturated carbocycles. The highest BCUT2D eigenvalue weighted by Crippen LogP contribution is 2.18. The van der Waals surface area contributed by atoms with E-state index >= 15 is 0 Å². The fourth-order valence-electron chi connectivity index (χ4n) is 1.96. The maximum absolute atomic E-state index is 12.1. The van der Waals surface area contributed by atoms with Gasteiger partial charge in [0, 0.05) is 18.7 Å². The monoisotopic (exact) mass is 278 g/mol. The zero-order valence-corrected chi connectivity index (χ0v) is 11.8. The van der Waals surface area contributed by atoms with Crippen molar-refractivity contribution in [3.8, 4) is 0 Å². The second-order valence-corrected chi connectivity index (χ2v) is 4.14. The molecule has 0 bridgehead atoms. The summed E-state index contributed by atoms with van der Waals surface area (Å²) in [7, 11) is 0. The third-order valence-electron chi connectivity index (χ3n) is 2.87. The van der Waals surface area contributed by atoms with Gasteiger partial charge in [0.1, 0.15) is 0 Å². The summed E-state index contributed by atoms with van der Waals surface area (Å²) in [6.07, 6.45) is 0. The molecule has 0 atom stereocenters. The zero-order valence-electron chi connectivity index (χ0n) is 11.0. The fourth-order valence-corrected chi connectivity index (χ4v) is 1.96. The maximum Gasteiger partial charge on any atom is 0.251 e. The largest absolute Gasteiger partial charge is 0.351 e. The van der Waals surface area contributed by atoms with E-state index in [0.717, 1.165) is 29.4 Å². The van der Waals surface area contributed by atoms with Gasteiger partial charge in [0.05, 0.1) is 0 Å². The molecule has 0 radical (unpaired) electrons. The van der Waals surface area contributed by atoms with Gasteiger partial charge in [0.15, 0.2) is 0 Å². The molecule has 0 spiro atoms. The third-order valence-corrected chi connectivity index (χ3v) is 2.87. The number of rotatable bonds is 5. The van der Waals surface area contributed by atoms with Crippen LogP contribution in [0, 0.1) is 0 Å². The quantitative estimate of drug-likeness (QED) is 0.826. The van der Waals surface area contributed by atoms with Crippen molar-refractivity contribution in [3.05, 3.63) is 48.0 Å². The van der Waals surface area contributed by atoms with E-state index in [4.69, 9.17) is 0 Å². The van der Waals surface area contributed by atoms with Crippen LogP contribution in [-0.4, -0.2) is 25.5 Å². The van der Waals surface area contributed by atoms with Gasteiger partial charge in [-0.05, 0) is 23.4 Å². The van der Waals surface area contributed by atoms with Gasteiger partial charge in [-0.15, -0.1) is 12.4 Å². The van der Waals surface area contributed by atoms with E-state index in [1.165, 1.54) is 0 Å². The van der Waals surface area contributed by atoms with Crippen LogP contribution in [0.25, 0.3) is 10.8 Å². The zero-order chi connectivity index (χ0) is 12.8. The molecular weight excluding hydrogens is 260 g/mol. The molecule has 102 valence electrons. The molecule has 0 saturated heterocycles. The van der Waals surface area contributed by atoms with Gasteiger partial charge >= 0.3 is 0 Å². The lowest BCUT2D eigenvalue weighted by atomic mass is 10.0. The van der Waals surface area contributed by atoms with E-state index in [1.807, 2.05) is 49.4 Å². The number of halogens is 1. The predicted molar refractivity (Wildman–Crippen MR) is 82.1 cm³/mol. The first-order valence-electron chi connectivity index (χ1n) is 6.29. The summed E-state index contributed by atoms with van der Waals surface area (Å²) in [5.41, 5.74) is 0.740. The maximum atomic E-state index is 12.1. The number of benzene rings is 2. The lowest BCUT2D eigenvalue weighted by Crippen LogP contribution is -2.31. The first-order chi connectivity index (χ1) is 8.83. The van der Waals surface area contributed by atoms with E-state index < -0.39 is 0 Å². The number of carbonyl (C=O) groups is 1. The lowest BCUT2D eigenvalue weighted by Gasteiger charge is -2.08. The number of hydrogen-bond acceptors (Lipinski definition) is 2. The van der Waals surface area contributed by atoms with Crippen molar-refractivity contribution in [3.63, 3.8) is 0 Å². The van der Waals surface area contributed by atoms with Gasteiger partial charge in [-0.1, -0.05) is 43.3 Å². The van der Waals surface area contributed by atoms with Crippen LogP contribution in [-0.2, 0) is 0 Å². The molecule has 0 aliphatic carbocycles. The van der Waals surface area contributed by atoms with Gasteiger partial charge in [0.2, 0.25) is 0 Å². The Morgan fingerprint density at radius 3 is 2.58 bits per heavy atom. The van der Waals surface area contributed by atoms with E-state index in [1.54, 1.807) is 0 Å². The summed E-state index contributed by atoms with van der Waals surface area (Å²) in [5.74, 6) is -0.00953. The molecule has 19 heavy (non-hydrogen) atoms. The minimum Gasteiger partial charge on any atom is -0.351 e. The molecule has 0 aliphatic rings. The molecule has 3 nitrogen and oxygen atoms in total. The Morgan fingerprint density at radius 1 is 1.05 bits per heavy atom. The molecule has 4 heteroatoms. The van der Waals surface area contributed by atoms with E-state index in [2.05, 4.69) is 10.6 Å². The summed E-state index contributed by atoms with van der Waals surface area (Å²) < 4.78 is 0. The molecule has 0 fully saturated rings. The summed E-state index contributed by atoms with van der Waals surface area (Å²) >= 11 is 0. The summed E-state index contributed by atoms with van der Waals surface area (Å²) in [6.45, 7) is 4.42. The van der Waals surface area contributed by atoms with Gasteiger partial charge in [-0.3, -0.25) is 4.79 Å². The molecule has 2 aromatic rings. The van der Waals surface area contributed by atoms with Gasteiger partial charge in [-0.2, -0.15) is 0 Å². The van der Waals surface area contributed by atoms with Crippen LogP contribution in [0.1, 0.15) is 17.3 Å². The van der Waals surface area contributed by atoms with Crippen LogP contribution >= 0.6 is 12.4 Å². The van der Waals surface area contributed by atoms with Crippen molar-refractivity contribution in [2.24, 2.45) is 0 Å². The Kier molecular flexibility index (Phi) is 6.33. The van der Waals surface area contributed by atoms with Gasteiger partial charge in [-0.25, -0.2) is 0 Å². The molecule has 0 aromatic heterocycles. The number of likely N-dealkylation sites (N-methyl/N-ethyl adjacent to an activating group) is 1. The summed E-state index contributed by atoms with van der Waals surface area (Å²) in [6, 6.07) is 13.7. The standard InChI is InChI=1S/C15H18N2O.ClH/c1-2-16-10-11-17-15(18)14-9-5-7-12-6-3-4-8-13(12)14;/h3-9,16H,2,10-11H2,1H3,(H,17,18);1H. The molecule has 2 N–H and O–H groups in total. The second-order valence-electron chi connectivity index (χ2n) is 4.14. The highest BCUT2D eigenvalue weighted by atomic mass is 35.5. The van der Waals surface area contributed by atoms with Crippen LogP contribution in [0.4, 0.5) is 0 Å². The van der Waals surface area contributed by atoms with Crippen LogP contribution in [0.5, 0.6) is 0 Å². The Morgan fingerprint density at radius 2 is 1.79 bits per heavy atom. The molecule has 0 aliphatic heterocycles. The Bertz CT molecular complexity index is 537. The fraction of sp³-hybridized carbons (Fsp3) is 0.267. The predicted octanol–water partition coefficient (Wildman–Crippen LogP) is 2.60. The van der Waals surface area contributed by atoms with Crippen molar-refractivity contribution in [2.75, 3.05) is 19.6 Å². The van der Waals surface area contributed by atoms with Gasteiger partial charge in [0.25, 0.3) is 5.91 Å². The highest BCUT2D eigenvalue weighted by molar-refractivity contribution is 6.06. The number of fused-ring (bicyclic) bond motifs is 1. The van der Waals surface area contributed by atoms with Crippen LogP contribution in [0.15, 0.2) is 42.5 Å². The van der Waals surface area contributed by atoms with Crippen molar-refractivity contribution in [2.45, 2.75) is 6.92 Å². The number of carbonyl (C=O) groups excluding carboxylic acids is 1. The minimum atomic E-state index is -0.00953. The summed E-state index contributed by atoms with van der Waals surface area (Å²) in [5, 5.41) is 8.20. The normalized spacial score (nSPS) is 9.95. The van der Waals surface area contributed by atoms with Crippen LogP contribution < -0.4 is 10.6 Å². The molecule has 2 rings (SSSR count). The van der Waals surface area contributed by atoms with E-state index in [0.29, 0.717) is 6.54 Å². The van der Waals surface area contributed by atoms with Crippen molar-refractivity contribution in [1.82, 2.24) is 10.6 Å². The Hall–Kier alpha value is -1.58. The van der Waals surface area contributed by atoms with Crippen LogP contribution in [0.3, 0.4) is 0 Å². The van der Waals surface area contributed by atoms with Crippen molar-refractivity contribution in [1.29, 1.82) is 0 Å². The van der Waals surface area contributed by atoms with Crippen molar-refractivity contribution < 1.29 is 4.79 Å². The SMILES string of the molecule is CCNCCNC(=O)c1cccc2ccccc12.Cl. The average molecular weight is 279 g/mol.